The topological polar surface area (TPSA) is 70.2 Å². The van der Waals surface area contributed by atoms with E-state index in [-0.39, 0.29) is 5.56 Å². The van der Waals surface area contributed by atoms with E-state index in [4.69, 9.17) is 4.74 Å². The molecule has 2 heterocycles. The van der Waals surface area contributed by atoms with Crippen LogP contribution in [0.2, 0.25) is 0 Å². The Kier molecular flexibility index (Phi) is 7.62. The molecule has 1 aliphatic heterocycles. The molecular weight excluding hydrogens is 388 g/mol. The third-order valence-electron chi connectivity index (χ3n) is 6.60. The van der Waals surface area contributed by atoms with Gasteiger partial charge >= 0.3 is 0 Å². The summed E-state index contributed by atoms with van der Waals surface area (Å²) in [5.41, 5.74) is 3.19. The molecule has 0 radical (unpaired) electrons. The molecule has 1 atom stereocenters. The summed E-state index contributed by atoms with van der Waals surface area (Å²) >= 11 is 0. The Labute approximate surface area is 185 Å². The van der Waals surface area contributed by atoms with Crippen LogP contribution in [0, 0.1) is 5.92 Å². The normalized spacial score (nSPS) is 19.1. The summed E-state index contributed by atoms with van der Waals surface area (Å²) in [4.78, 5) is 22.5. The van der Waals surface area contributed by atoms with Gasteiger partial charge in [-0.25, -0.2) is 4.98 Å². The molecule has 1 aliphatic carbocycles. The van der Waals surface area contributed by atoms with Crippen molar-refractivity contribution in [1.29, 1.82) is 0 Å². The molecule has 168 valence electrons. The number of ether oxygens (including phenoxy) is 1. The van der Waals surface area contributed by atoms with Gasteiger partial charge in [-0.15, -0.1) is 0 Å². The highest BCUT2D eigenvalue weighted by Gasteiger charge is 2.21. The molecule has 2 N–H and O–H groups in total. The maximum atomic E-state index is 12.4. The lowest BCUT2D eigenvalue weighted by Gasteiger charge is -2.26. The van der Waals surface area contributed by atoms with E-state index < -0.39 is 0 Å². The molecule has 1 aromatic heterocycles. The van der Waals surface area contributed by atoms with Gasteiger partial charge in [-0.05, 0) is 75.2 Å². The van der Waals surface area contributed by atoms with Crippen molar-refractivity contribution in [1.82, 2.24) is 14.9 Å². The molecule has 2 aliphatic rings. The van der Waals surface area contributed by atoms with Gasteiger partial charge < -0.3 is 10.1 Å². The maximum absolute atomic E-state index is 12.4. The van der Waals surface area contributed by atoms with Crippen molar-refractivity contribution in [2.45, 2.75) is 64.8 Å². The maximum Gasteiger partial charge on any atom is 0.255 e. The van der Waals surface area contributed by atoms with Crippen molar-refractivity contribution >= 4 is 5.95 Å². The molecule has 1 saturated heterocycles. The molecule has 6 nitrogen and oxygen atoms in total. The summed E-state index contributed by atoms with van der Waals surface area (Å²) in [5.74, 6) is 2.13. The van der Waals surface area contributed by atoms with E-state index in [9.17, 15) is 4.79 Å². The van der Waals surface area contributed by atoms with Crippen molar-refractivity contribution in [3.8, 4) is 5.75 Å². The molecule has 31 heavy (non-hydrogen) atoms. The van der Waals surface area contributed by atoms with Crippen LogP contribution in [-0.2, 0) is 19.4 Å². The monoisotopic (exact) mass is 424 g/mol. The van der Waals surface area contributed by atoms with Crippen molar-refractivity contribution < 1.29 is 4.74 Å². The predicted molar refractivity (Wildman–Crippen MR) is 125 cm³/mol. The van der Waals surface area contributed by atoms with Crippen LogP contribution < -0.4 is 15.6 Å². The Morgan fingerprint density at radius 3 is 2.97 bits per heavy atom. The van der Waals surface area contributed by atoms with Crippen LogP contribution in [0.25, 0.3) is 0 Å². The first-order chi connectivity index (χ1) is 15.2. The van der Waals surface area contributed by atoms with Gasteiger partial charge in [0.2, 0.25) is 5.95 Å². The lowest BCUT2D eigenvalue weighted by Crippen LogP contribution is -2.29. The minimum atomic E-state index is 0.0208. The Balaban J connectivity index is 1.21. The van der Waals surface area contributed by atoms with Gasteiger partial charge in [-0.2, -0.15) is 0 Å². The molecular formula is C25H36N4O2. The minimum absolute atomic E-state index is 0.0208. The van der Waals surface area contributed by atoms with E-state index in [2.05, 4.69) is 45.3 Å². The molecule has 0 saturated carbocycles. The van der Waals surface area contributed by atoms with Crippen molar-refractivity contribution in [2.24, 2.45) is 5.92 Å². The number of nitrogens with one attached hydrogen (secondary N) is 2. The molecule has 0 bridgehead atoms. The van der Waals surface area contributed by atoms with E-state index >= 15 is 0 Å². The number of aromatic amines is 1. The Morgan fingerprint density at radius 1 is 1.26 bits per heavy atom. The fourth-order valence-corrected chi connectivity index (χ4v) is 4.70. The zero-order valence-corrected chi connectivity index (χ0v) is 18.8. The van der Waals surface area contributed by atoms with Crippen molar-refractivity contribution in [3.05, 3.63) is 51.4 Å². The molecule has 1 fully saturated rings. The van der Waals surface area contributed by atoms with Crippen LogP contribution in [0.3, 0.4) is 0 Å². The number of H-pyrrole nitrogens is 1. The van der Waals surface area contributed by atoms with Gasteiger partial charge in [-0.3, -0.25) is 14.7 Å². The first-order valence-electron chi connectivity index (χ1n) is 12.0. The smallest absolute Gasteiger partial charge is 0.255 e. The number of piperidine rings is 1. The number of aryl methyl sites for hydroxylation is 1. The number of nitrogens with zero attached hydrogens (tertiary/aromatic N) is 2. The predicted octanol–water partition coefficient (Wildman–Crippen LogP) is 4.15. The van der Waals surface area contributed by atoms with E-state index in [1.54, 1.807) is 0 Å². The molecule has 4 rings (SSSR count). The van der Waals surface area contributed by atoms with Gasteiger partial charge in [-0.1, -0.05) is 31.9 Å². The number of rotatable bonds is 9. The molecule has 0 spiro atoms. The van der Waals surface area contributed by atoms with E-state index in [1.165, 1.54) is 37.9 Å². The van der Waals surface area contributed by atoms with E-state index in [0.717, 1.165) is 55.7 Å². The zero-order valence-electron chi connectivity index (χ0n) is 18.8. The van der Waals surface area contributed by atoms with Gasteiger partial charge in [0.05, 0.1) is 12.3 Å². The van der Waals surface area contributed by atoms with Gasteiger partial charge in [0.1, 0.15) is 5.75 Å². The van der Waals surface area contributed by atoms with Gasteiger partial charge in [0, 0.05) is 18.7 Å². The number of likely N-dealkylation sites (tertiary alicyclic amines) is 1. The lowest BCUT2D eigenvalue weighted by atomic mass is 9.86. The summed E-state index contributed by atoms with van der Waals surface area (Å²) in [7, 11) is 0. The molecule has 6 heteroatoms. The first-order valence-corrected chi connectivity index (χ1v) is 12.0. The fraction of sp³-hybridized carbons (Fsp3) is 0.600. The molecule has 2 aromatic rings. The molecule has 1 aromatic carbocycles. The van der Waals surface area contributed by atoms with Crippen LogP contribution in [0.4, 0.5) is 5.95 Å². The Hall–Kier alpha value is -2.34. The highest BCUT2D eigenvalue weighted by molar-refractivity contribution is 5.31. The van der Waals surface area contributed by atoms with Crippen LogP contribution >= 0.6 is 0 Å². The van der Waals surface area contributed by atoms with Crippen molar-refractivity contribution in [2.75, 3.05) is 31.6 Å². The second-order valence-corrected chi connectivity index (χ2v) is 8.97. The zero-order chi connectivity index (χ0) is 21.5. The number of benzene rings is 1. The fourth-order valence-electron chi connectivity index (χ4n) is 4.70. The third-order valence-corrected chi connectivity index (χ3v) is 6.60. The standard InChI is InChI=1S/C25H36N4O2/c1-2-19-10-11-23-22(17-19)24(30)28-25(27-23)26-12-7-15-31-21-9-6-8-20(16-21)18-29-13-4-3-5-14-29/h6,8-9,16,19H,2-5,7,10-15,17-18H2,1H3,(H2,26,27,28,30). The van der Waals surface area contributed by atoms with E-state index in [1.807, 2.05) is 6.07 Å². The summed E-state index contributed by atoms with van der Waals surface area (Å²) in [5, 5.41) is 3.26. The van der Waals surface area contributed by atoms with Gasteiger partial charge in [0.25, 0.3) is 5.56 Å². The number of hydrogen-bond acceptors (Lipinski definition) is 5. The minimum Gasteiger partial charge on any atom is -0.494 e. The quantitative estimate of drug-likeness (QED) is 0.592. The van der Waals surface area contributed by atoms with Crippen LogP contribution in [-0.4, -0.2) is 41.1 Å². The second kappa shape index (κ2) is 10.8. The number of hydrogen-bond donors (Lipinski definition) is 2. The summed E-state index contributed by atoms with van der Waals surface area (Å²) in [6.45, 7) is 6.96. The van der Waals surface area contributed by atoms with Crippen LogP contribution in [0.15, 0.2) is 29.1 Å². The van der Waals surface area contributed by atoms with Gasteiger partial charge in [0.15, 0.2) is 0 Å². The number of anilines is 1. The average molecular weight is 425 g/mol. The SMILES string of the molecule is CCC1CCc2nc(NCCCOc3cccc(CN4CCCCC4)c3)[nH]c(=O)c2C1. The summed E-state index contributed by atoms with van der Waals surface area (Å²) < 4.78 is 5.96. The second-order valence-electron chi connectivity index (χ2n) is 8.97. The Bertz CT molecular complexity index is 905. The highest BCUT2D eigenvalue weighted by atomic mass is 16.5. The summed E-state index contributed by atoms with van der Waals surface area (Å²) in [6.07, 6.45) is 8.85. The molecule has 1 unspecified atom stereocenters. The first kappa shape index (κ1) is 21.9. The third kappa shape index (κ3) is 6.10. The average Bonchev–Trinajstić information content (AvgIpc) is 2.80. The lowest BCUT2D eigenvalue weighted by molar-refractivity contribution is 0.220. The number of aromatic nitrogens is 2. The van der Waals surface area contributed by atoms with Crippen LogP contribution in [0.5, 0.6) is 5.75 Å². The van der Waals surface area contributed by atoms with E-state index in [0.29, 0.717) is 25.0 Å². The Morgan fingerprint density at radius 2 is 2.13 bits per heavy atom. The van der Waals surface area contributed by atoms with Crippen LogP contribution in [0.1, 0.15) is 62.3 Å². The van der Waals surface area contributed by atoms with Crippen molar-refractivity contribution in [3.63, 3.8) is 0 Å². The highest BCUT2D eigenvalue weighted by Crippen LogP contribution is 2.24. The molecule has 0 amide bonds. The number of fused-ring (bicyclic) bond motifs is 1. The largest absolute Gasteiger partial charge is 0.494 e. The summed E-state index contributed by atoms with van der Waals surface area (Å²) in [6, 6.07) is 8.45.